The second-order valence-corrected chi connectivity index (χ2v) is 7.05. The molecule has 1 unspecified atom stereocenters. The van der Waals surface area contributed by atoms with Crippen molar-refractivity contribution in [1.82, 2.24) is 19.4 Å². The fraction of sp³-hybridized carbons (Fsp3) is 0.750. The van der Waals surface area contributed by atoms with E-state index >= 15 is 0 Å². The number of sulfonamides is 1. The summed E-state index contributed by atoms with van der Waals surface area (Å²) < 4.78 is 27.3. The highest BCUT2D eigenvalue weighted by atomic mass is 32.2. The Balaban J connectivity index is 2.36. The quantitative estimate of drug-likeness (QED) is 0.814. The zero-order chi connectivity index (χ0) is 14.8. The molecule has 2 heterocycles. The number of aromatic nitrogens is 2. The molecular formula is C12H23N5O2S. The Labute approximate surface area is 120 Å². The minimum Gasteiger partial charge on any atom is -0.326 e. The molecule has 0 aliphatic carbocycles. The summed E-state index contributed by atoms with van der Waals surface area (Å²) in [6, 6.07) is -0.0126. The van der Waals surface area contributed by atoms with E-state index in [0.717, 1.165) is 25.9 Å². The molecule has 0 radical (unpaired) electrons. The van der Waals surface area contributed by atoms with E-state index in [9.17, 15) is 8.42 Å². The lowest BCUT2D eigenvalue weighted by atomic mass is 10.2. The minimum atomic E-state index is -3.56. The molecule has 8 heteroatoms. The first-order chi connectivity index (χ1) is 9.50. The lowest BCUT2D eigenvalue weighted by molar-refractivity contribution is 0.270. The number of aromatic amines is 1. The fourth-order valence-corrected chi connectivity index (χ4v) is 4.50. The van der Waals surface area contributed by atoms with E-state index in [1.54, 1.807) is 4.31 Å². The molecule has 1 aliphatic rings. The van der Waals surface area contributed by atoms with Gasteiger partial charge in [-0.3, -0.25) is 5.10 Å². The number of nitrogens with one attached hydrogen (secondary N) is 1. The lowest BCUT2D eigenvalue weighted by Crippen LogP contribution is -2.43. The van der Waals surface area contributed by atoms with E-state index in [1.165, 1.54) is 6.20 Å². The van der Waals surface area contributed by atoms with Gasteiger partial charge in [0.1, 0.15) is 0 Å². The van der Waals surface area contributed by atoms with Crippen LogP contribution in [0.2, 0.25) is 0 Å². The fourth-order valence-electron chi connectivity index (χ4n) is 2.66. The molecular weight excluding hydrogens is 278 g/mol. The maximum Gasteiger partial charge on any atom is 0.260 e. The summed E-state index contributed by atoms with van der Waals surface area (Å²) in [5.41, 5.74) is 6.13. The molecule has 0 bridgehead atoms. The number of likely N-dealkylation sites (N-methyl/N-ethyl adjacent to an activating group) is 1. The van der Waals surface area contributed by atoms with Crippen LogP contribution in [0, 0.1) is 0 Å². The predicted octanol–water partition coefficient (Wildman–Crippen LogP) is -0.0268. The highest BCUT2D eigenvalue weighted by Gasteiger charge is 2.34. The molecule has 114 valence electrons. The Morgan fingerprint density at radius 1 is 1.50 bits per heavy atom. The van der Waals surface area contributed by atoms with Crippen molar-refractivity contribution in [2.75, 3.05) is 26.7 Å². The van der Waals surface area contributed by atoms with Crippen LogP contribution in [0.15, 0.2) is 11.2 Å². The van der Waals surface area contributed by atoms with Crippen molar-refractivity contribution in [1.29, 1.82) is 0 Å². The Hall–Kier alpha value is -0.960. The number of hydrogen-bond acceptors (Lipinski definition) is 5. The van der Waals surface area contributed by atoms with Crippen LogP contribution >= 0.6 is 0 Å². The molecule has 0 amide bonds. The zero-order valence-corrected chi connectivity index (χ0v) is 12.9. The molecule has 1 atom stereocenters. The molecule has 0 saturated carbocycles. The monoisotopic (exact) mass is 301 g/mol. The van der Waals surface area contributed by atoms with Gasteiger partial charge in [-0.2, -0.15) is 9.40 Å². The molecule has 1 aliphatic heterocycles. The van der Waals surface area contributed by atoms with E-state index in [-0.39, 0.29) is 17.6 Å². The smallest absolute Gasteiger partial charge is 0.260 e. The lowest BCUT2D eigenvalue weighted by Gasteiger charge is -2.29. The van der Waals surface area contributed by atoms with Crippen LogP contribution in [-0.4, -0.2) is 60.5 Å². The third-order valence-electron chi connectivity index (χ3n) is 3.78. The van der Waals surface area contributed by atoms with Gasteiger partial charge < -0.3 is 10.6 Å². The molecule has 0 aromatic carbocycles. The second kappa shape index (κ2) is 6.21. The highest BCUT2D eigenvalue weighted by molar-refractivity contribution is 7.89. The Bertz CT molecular complexity index is 542. The number of hydrogen-bond donors (Lipinski definition) is 2. The van der Waals surface area contributed by atoms with Crippen molar-refractivity contribution >= 4 is 10.0 Å². The number of H-pyrrole nitrogens is 1. The Morgan fingerprint density at radius 3 is 2.90 bits per heavy atom. The maximum atomic E-state index is 12.8. The topological polar surface area (TPSA) is 95.3 Å². The average Bonchev–Trinajstić information content (AvgIpc) is 2.82. The van der Waals surface area contributed by atoms with E-state index < -0.39 is 10.0 Å². The van der Waals surface area contributed by atoms with Gasteiger partial charge in [-0.05, 0) is 26.4 Å². The molecule has 1 fully saturated rings. The standard InChI is InChI=1S/C12H23N5O2S/c1-3-11-9-16(2)5-4-6-17(11)20(18,19)12-10(7-13)8-14-15-12/h8,11H,3-7,9,13H2,1-2H3,(H,14,15). The summed E-state index contributed by atoms with van der Waals surface area (Å²) >= 11 is 0. The van der Waals surface area contributed by atoms with Crippen molar-refractivity contribution in [2.45, 2.75) is 37.4 Å². The molecule has 1 aromatic heterocycles. The summed E-state index contributed by atoms with van der Waals surface area (Å²) in [7, 11) is -1.53. The van der Waals surface area contributed by atoms with Crippen molar-refractivity contribution in [3.63, 3.8) is 0 Å². The van der Waals surface area contributed by atoms with Gasteiger partial charge in [-0.1, -0.05) is 6.92 Å². The van der Waals surface area contributed by atoms with Crippen LogP contribution in [0.25, 0.3) is 0 Å². The number of rotatable bonds is 4. The molecule has 20 heavy (non-hydrogen) atoms. The van der Waals surface area contributed by atoms with Gasteiger partial charge in [-0.25, -0.2) is 8.42 Å². The largest absolute Gasteiger partial charge is 0.326 e. The van der Waals surface area contributed by atoms with Gasteiger partial charge in [0.25, 0.3) is 10.0 Å². The van der Waals surface area contributed by atoms with Gasteiger partial charge in [0, 0.05) is 31.2 Å². The molecule has 2 rings (SSSR count). The molecule has 3 N–H and O–H groups in total. The predicted molar refractivity (Wildman–Crippen MR) is 76.6 cm³/mol. The third kappa shape index (κ3) is 2.88. The normalized spacial score (nSPS) is 22.9. The molecule has 0 spiro atoms. The second-order valence-electron chi connectivity index (χ2n) is 5.22. The Kier molecular flexibility index (Phi) is 4.79. The van der Waals surface area contributed by atoms with Gasteiger partial charge in [0.05, 0.1) is 6.20 Å². The summed E-state index contributed by atoms with van der Waals surface area (Å²) in [6.45, 7) is 4.38. The first-order valence-corrected chi connectivity index (χ1v) is 8.37. The number of nitrogens with two attached hydrogens (primary N) is 1. The summed E-state index contributed by atoms with van der Waals surface area (Å²) in [5, 5.41) is 6.56. The van der Waals surface area contributed by atoms with Crippen LogP contribution in [0.5, 0.6) is 0 Å². The van der Waals surface area contributed by atoms with Crippen LogP contribution in [0.4, 0.5) is 0 Å². The van der Waals surface area contributed by atoms with Crippen LogP contribution in [0.3, 0.4) is 0 Å². The van der Waals surface area contributed by atoms with Crippen molar-refractivity contribution in [2.24, 2.45) is 5.73 Å². The van der Waals surface area contributed by atoms with E-state index in [2.05, 4.69) is 15.1 Å². The van der Waals surface area contributed by atoms with Crippen molar-refractivity contribution in [3.05, 3.63) is 11.8 Å². The number of nitrogens with zero attached hydrogens (tertiary/aromatic N) is 3. The molecule has 1 aromatic rings. The van der Waals surface area contributed by atoms with E-state index in [0.29, 0.717) is 12.1 Å². The first-order valence-electron chi connectivity index (χ1n) is 6.93. The maximum absolute atomic E-state index is 12.8. The van der Waals surface area contributed by atoms with Gasteiger partial charge in [0.15, 0.2) is 5.03 Å². The summed E-state index contributed by atoms with van der Waals surface area (Å²) in [6.07, 6.45) is 3.10. The van der Waals surface area contributed by atoms with Gasteiger partial charge in [-0.15, -0.1) is 0 Å². The summed E-state index contributed by atoms with van der Waals surface area (Å²) in [4.78, 5) is 2.18. The molecule has 1 saturated heterocycles. The minimum absolute atomic E-state index is 0.0126. The van der Waals surface area contributed by atoms with Gasteiger partial charge >= 0.3 is 0 Å². The highest BCUT2D eigenvalue weighted by Crippen LogP contribution is 2.23. The van der Waals surface area contributed by atoms with E-state index in [4.69, 9.17) is 5.73 Å². The first kappa shape index (κ1) is 15.4. The van der Waals surface area contributed by atoms with Gasteiger partial charge in [0.2, 0.25) is 0 Å². The van der Waals surface area contributed by atoms with Crippen LogP contribution in [-0.2, 0) is 16.6 Å². The van der Waals surface area contributed by atoms with Crippen LogP contribution in [0.1, 0.15) is 25.3 Å². The average molecular weight is 301 g/mol. The summed E-state index contributed by atoms with van der Waals surface area (Å²) in [5.74, 6) is 0. The SMILES string of the molecule is CCC1CN(C)CCCN1S(=O)(=O)c1[nH]ncc1CN. The van der Waals surface area contributed by atoms with Crippen molar-refractivity contribution < 1.29 is 8.42 Å². The molecule has 7 nitrogen and oxygen atoms in total. The van der Waals surface area contributed by atoms with E-state index in [1.807, 2.05) is 14.0 Å². The third-order valence-corrected chi connectivity index (χ3v) is 5.75. The zero-order valence-electron chi connectivity index (χ0n) is 12.0. The van der Waals surface area contributed by atoms with Crippen LogP contribution < -0.4 is 5.73 Å². The Morgan fingerprint density at radius 2 is 2.25 bits per heavy atom. The van der Waals surface area contributed by atoms with Crippen molar-refractivity contribution in [3.8, 4) is 0 Å².